The first kappa shape index (κ1) is 13.0. The van der Waals surface area contributed by atoms with Crippen molar-refractivity contribution in [1.29, 1.82) is 0 Å². The minimum atomic E-state index is -0.288. The highest BCUT2D eigenvalue weighted by atomic mass is 79.9. The van der Waals surface area contributed by atoms with E-state index in [4.69, 9.17) is 11.6 Å². The molecule has 92 valence electrons. The van der Waals surface area contributed by atoms with Gasteiger partial charge in [-0.15, -0.1) is 0 Å². The molecule has 0 aliphatic heterocycles. The normalized spacial score (nSPS) is 10.2. The Morgan fingerprint density at radius 3 is 2.83 bits per heavy atom. The molecule has 1 heterocycles. The van der Waals surface area contributed by atoms with Gasteiger partial charge >= 0.3 is 0 Å². The zero-order chi connectivity index (χ0) is 13.1. The lowest BCUT2D eigenvalue weighted by atomic mass is 10.2. The number of nitrogens with zero attached hydrogens (tertiary/aromatic N) is 2. The van der Waals surface area contributed by atoms with Gasteiger partial charge in [0.05, 0.1) is 5.56 Å². The van der Waals surface area contributed by atoms with Crippen LogP contribution in [0.2, 0.25) is 5.02 Å². The molecule has 0 spiro atoms. The molecule has 0 saturated heterocycles. The molecule has 2 aromatic rings. The van der Waals surface area contributed by atoms with E-state index in [1.165, 1.54) is 0 Å². The first-order valence-corrected chi connectivity index (χ1v) is 6.29. The van der Waals surface area contributed by atoms with E-state index in [0.29, 0.717) is 15.1 Å². The fourth-order valence-corrected chi connectivity index (χ4v) is 2.21. The Morgan fingerprint density at radius 1 is 1.39 bits per heavy atom. The number of carbonyl (C=O) groups excluding carboxylic acids is 1. The Hall–Kier alpha value is -1.46. The molecule has 1 aromatic heterocycles. The number of hydrogen-bond acceptors (Lipinski definition) is 3. The maximum atomic E-state index is 12.0. The van der Waals surface area contributed by atoms with Crippen molar-refractivity contribution in [3.05, 3.63) is 51.2 Å². The summed E-state index contributed by atoms with van der Waals surface area (Å²) in [7, 11) is 0. The van der Waals surface area contributed by atoms with E-state index < -0.39 is 0 Å². The highest BCUT2D eigenvalue weighted by Gasteiger charge is 2.11. The number of nitrogens with one attached hydrogen (secondary N) is 1. The summed E-state index contributed by atoms with van der Waals surface area (Å²) < 4.78 is 0.625. The lowest BCUT2D eigenvalue weighted by Gasteiger charge is -2.06. The van der Waals surface area contributed by atoms with E-state index in [2.05, 4.69) is 31.2 Å². The molecule has 0 aliphatic carbocycles. The number of hydrogen-bond donors (Lipinski definition) is 1. The van der Waals surface area contributed by atoms with Crippen LogP contribution in [-0.2, 0) is 0 Å². The maximum absolute atomic E-state index is 12.0. The zero-order valence-electron chi connectivity index (χ0n) is 9.45. The highest BCUT2D eigenvalue weighted by Crippen LogP contribution is 2.22. The number of aryl methyl sites for hydroxylation is 1. The average molecular weight is 327 g/mol. The van der Waals surface area contributed by atoms with Crippen molar-refractivity contribution in [2.45, 2.75) is 6.92 Å². The molecule has 0 bridgehead atoms. The summed E-state index contributed by atoms with van der Waals surface area (Å²) >= 11 is 9.11. The Morgan fingerprint density at radius 2 is 2.17 bits per heavy atom. The van der Waals surface area contributed by atoms with Gasteiger partial charge in [0.15, 0.2) is 0 Å². The number of benzene rings is 1. The van der Waals surface area contributed by atoms with Gasteiger partial charge in [0.25, 0.3) is 5.91 Å². The molecule has 0 radical (unpaired) electrons. The zero-order valence-corrected chi connectivity index (χ0v) is 11.8. The van der Waals surface area contributed by atoms with Crippen LogP contribution >= 0.6 is 27.5 Å². The van der Waals surface area contributed by atoms with Gasteiger partial charge in [-0.2, -0.15) is 0 Å². The van der Waals surface area contributed by atoms with Crippen molar-refractivity contribution >= 4 is 39.4 Å². The second kappa shape index (κ2) is 5.46. The monoisotopic (exact) mass is 325 g/mol. The van der Waals surface area contributed by atoms with Crippen LogP contribution in [0.3, 0.4) is 0 Å². The van der Waals surface area contributed by atoms with Crippen molar-refractivity contribution in [3.63, 3.8) is 0 Å². The number of halogens is 2. The average Bonchev–Trinajstić information content (AvgIpc) is 2.28. The van der Waals surface area contributed by atoms with E-state index in [1.807, 2.05) is 6.92 Å². The first-order chi connectivity index (χ1) is 8.56. The van der Waals surface area contributed by atoms with Gasteiger partial charge in [-0.3, -0.25) is 10.1 Å². The maximum Gasteiger partial charge on any atom is 0.259 e. The van der Waals surface area contributed by atoms with E-state index in [-0.39, 0.29) is 11.9 Å². The number of anilines is 1. The summed E-state index contributed by atoms with van der Waals surface area (Å²) in [5, 5.41) is 3.19. The van der Waals surface area contributed by atoms with Crippen molar-refractivity contribution in [1.82, 2.24) is 9.97 Å². The molecule has 0 fully saturated rings. The SMILES string of the molecule is Cc1ccnc(NC(=O)c2ccc(Cl)cc2Br)n1. The molecule has 4 nitrogen and oxygen atoms in total. The van der Waals surface area contributed by atoms with Crippen LogP contribution < -0.4 is 5.32 Å². The van der Waals surface area contributed by atoms with Crippen molar-refractivity contribution in [2.24, 2.45) is 0 Å². The van der Waals surface area contributed by atoms with Crippen LogP contribution in [0.1, 0.15) is 16.1 Å². The van der Waals surface area contributed by atoms with Crippen molar-refractivity contribution < 1.29 is 4.79 Å². The molecule has 2 rings (SSSR count). The molecule has 1 aromatic carbocycles. The smallest absolute Gasteiger partial charge is 0.259 e. The third-order valence-corrected chi connectivity index (χ3v) is 3.09. The summed E-state index contributed by atoms with van der Waals surface area (Å²) in [6.07, 6.45) is 1.59. The van der Waals surface area contributed by atoms with Gasteiger partial charge in [0.2, 0.25) is 5.95 Å². The van der Waals surface area contributed by atoms with Gasteiger partial charge in [-0.05, 0) is 47.1 Å². The fourth-order valence-electron chi connectivity index (χ4n) is 1.35. The van der Waals surface area contributed by atoms with Crippen molar-refractivity contribution in [3.8, 4) is 0 Å². The molecule has 0 saturated carbocycles. The number of aromatic nitrogens is 2. The molecule has 6 heteroatoms. The predicted octanol–water partition coefficient (Wildman–Crippen LogP) is 3.45. The Labute approximate surface area is 118 Å². The minimum Gasteiger partial charge on any atom is -0.290 e. The standard InChI is InChI=1S/C12H9BrClN3O/c1-7-4-5-15-12(16-7)17-11(18)9-3-2-8(14)6-10(9)13/h2-6H,1H3,(H,15,16,17,18). The van der Waals surface area contributed by atoms with E-state index in [0.717, 1.165) is 5.69 Å². The van der Waals surface area contributed by atoms with Crippen LogP contribution in [0, 0.1) is 6.92 Å². The summed E-state index contributed by atoms with van der Waals surface area (Å²) in [6.45, 7) is 1.83. The summed E-state index contributed by atoms with van der Waals surface area (Å²) in [5.41, 5.74) is 1.26. The Kier molecular flexibility index (Phi) is 3.93. The molecule has 0 atom stereocenters. The Bertz CT molecular complexity index is 604. The van der Waals surface area contributed by atoms with Gasteiger partial charge in [-0.25, -0.2) is 9.97 Å². The molecule has 1 N–H and O–H groups in total. The third-order valence-electron chi connectivity index (χ3n) is 2.20. The van der Waals surface area contributed by atoms with Crippen LogP contribution in [0.4, 0.5) is 5.95 Å². The minimum absolute atomic E-state index is 0.279. The number of carbonyl (C=O) groups is 1. The lowest BCUT2D eigenvalue weighted by molar-refractivity contribution is 0.102. The summed E-state index contributed by atoms with van der Waals surface area (Å²) in [5.74, 6) is -0.00834. The molecule has 1 amide bonds. The Balaban J connectivity index is 2.22. The van der Waals surface area contributed by atoms with Gasteiger partial charge in [-0.1, -0.05) is 11.6 Å². The van der Waals surface area contributed by atoms with Crippen LogP contribution in [0.25, 0.3) is 0 Å². The van der Waals surface area contributed by atoms with Gasteiger partial charge in [0.1, 0.15) is 0 Å². The molecule has 0 unspecified atom stereocenters. The highest BCUT2D eigenvalue weighted by molar-refractivity contribution is 9.10. The van der Waals surface area contributed by atoms with Gasteiger partial charge in [0, 0.05) is 21.4 Å². The summed E-state index contributed by atoms with van der Waals surface area (Å²) in [6, 6.07) is 6.71. The van der Waals surface area contributed by atoms with E-state index in [9.17, 15) is 4.79 Å². The van der Waals surface area contributed by atoms with Crippen LogP contribution in [0.15, 0.2) is 34.9 Å². The largest absolute Gasteiger partial charge is 0.290 e. The first-order valence-electron chi connectivity index (χ1n) is 5.12. The lowest BCUT2D eigenvalue weighted by Crippen LogP contribution is -2.14. The van der Waals surface area contributed by atoms with Gasteiger partial charge < -0.3 is 0 Å². The molecular formula is C12H9BrClN3O. The van der Waals surface area contributed by atoms with Crippen LogP contribution in [-0.4, -0.2) is 15.9 Å². The molecular weight excluding hydrogens is 318 g/mol. The number of amides is 1. The fraction of sp³-hybridized carbons (Fsp3) is 0.0833. The molecule has 0 aliphatic rings. The third kappa shape index (κ3) is 3.05. The second-order valence-corrected chi connectivity index (χ2v) is 4.89. The topological polar surface area (TPSA) is 54.9 Å². The summed E-state index contributed by atoms with van der Waals surface area (Å²) in [4.78, 5) is 20.1. The van der Waals surface area contributed by atoms with Crippen LogP contribution in [0.5, 0.6) is 0 Å². The number of rotatable bonds is 2. The van der Waals surface area contributed by atoms with E-state index >= 15 is 0 Å². The molecule has 18 heavy (non-hydrogen) atoms. The van der Waals surface area contributed by atoms with Crippen molar-refractivity contribution in [2.75, 3.05) is 5.32 Å². The van der Waals surface area contributed by atoms with E-state index in [1.54, 1.807) is 30.5 Å². The quantitative estimate of drug-likeness (QED) is 0.919. The second-order valence-electron chi connectivity index (χ2n) is 3.60. The predicted molar refractivity (Wildman–Crippen MR) is 73.9 cm³/mol.